The summed E-state index contributed by atoms with van der Waals surface area (Å²) in [5.74, 6) is 2.12. The zero-order valence-electron chi connectivity index (χ0n) is 18.3. The summed E-state index contributed by atoms with van der Waals surface area (Å²) < 4.78 is 0. The molecule has 0 bridgehead atoms. The zero-order chi connectivity index (χ0) is 20.0. The molecule has 0 spiro atoms. The first kappa shape index (κ1) is 22.2. The molecule has 2 saturated carbocycles. The Morgan fingerprint density at radius 1 is 1.22 bits per heavy atom. The fourth-order valence-electron chi connectivity index (χ4n) is 5.22. The molecule has 0 radical (unpaired) electrons. The van der Waals surface area contributed by atoms with Crippen LogP contribution in [0.4, 0.5) is 0 Å². The average molecular weight is 371 g/mol. The van der Waals surface area contributed by atoms with E-state index in [-0.39, 0.29) is 6.10 Å². The van der Waals surface area contributed by atoms with Crippen LogP contribution in [0, 0.1) is 23.2 Å². The van der Waals surface area contributed by atoms with Crippen molar-refractivity contribution in [1.82, 2.24) is 0 Å². The van der Waals surface area contributed by atoms with Crippen molar-refractivity contribution in [1.29, 1.82) is 0 Å². The first-order valence-corrected chi connectivity index (χ1v) is 11.1. The summed E-state index contributed by atoms with van der Waals surface area (Å²) in [4.78, 5) is 0. The first-order chi connectivity index (χ1) is 12.8. The third-order valence-corrected chi connectivity index (χ3v) is 7.91. The second-order valence-corrected chi connectivity index (χ2v) is 9.51. The molecule has 2 unspecified atom stereocenters. The van der Waals surface area contributed by atoms with Crippen LogP contribution in [0.1, 0.15) is 85.5 Å². The van der Waals surface area contributed by atoms with E-state index in [1.54, 1.807) is 5.57 Å². The number of aliphatic hydroxyl groups excluding tert-OH is 1. The molecule has 1 N–H and O–H groups in total. The monoisotopic (exact) mass is 370 g/mol. The Labute approximate surface area is 168 Å². The fourth-order valence-corrected chi connectivity index (χ4v) is 5.22. The van der Waals surface area contributed by atoms with Gasteiger partial charge in [0.2, 0.25) is 0 Å². The summed E-state index contributed by atoms with van der Waals surface area (Å²) in [5.41, 5.74) is 4.38. The number of hydrogen-bond acceptors (Lipinski definition) is 1. The van der Waals surface area contributed by atoms with Gasteiger partial charge in [-0.1, -0.05) is 70.1 Å². The van der Waals surface area contributed by atoms with Gasteiger partial charge in [0, 0.05) is 0 Å². The molecule has 0 amide bonds. The van der Waals surface area contributed by atoms with E-state index < -0.39 is 0 Å². The maximum Gasteiger partial charge on any atom is 0.0784 e. The molecule has 2 fully saturated rings. The number of unbranched alkanes of at least 4 members (excludes halogenated alkanes) is 1. The van der Waals surface area contributed by atoms with Gasteiger partial charge in [0.05, 0.1) is 6.10 Å². The van der Waals surface area contributed by atoms with Crippen LogP contribution in [-0.2, 0) is 0 Å². The lowest BCUT2D eigenvalue weighted by Gasteiger charge is -2.48. The summed E-state index contributed by atoms with van der Waals surface area (Å²) in [6, 6.07) is 0. The largest absolute Gasteiger partial charge is 0.388 e. The maximum absolute atomic E-state index is 10.1. The molecule has 0 saturated heterocycles. The number of allylic oxidation sites excluding steroid dienone is 4. The van der Waals surface area contributed by atoms with Crippen LogP contribution in [0.3, 0.4) is 0 Å². The highest BCUT2D eigenvalue weighted by atomic mass is 16.3. The van der Waals surface area contributed by atoms with E-state index in [1.807, 2.05) is 6.08 Å². The van der Waals surface area contributed by atoms with Gasteiger partial charge in [0.15, 0.2) is 0 Å². The van der Waals surface area contributed by atoms with Crippen LogP contribution >= 0.6 is 0 Å². The van der Waals surface area contributed by atoms with Gasteiger partial charge in [-0.3, -0.25) is 0 Å². The molecule has 1 heteroatoms. The van der Waals surface area contributed by atoms with E-state index in [2.05, 4.69) is 53.0 Å². The quantitative estimate of drug-likeness (QED) is 0.366. The summed E-state index contributed by atoms with van der Waals surface area (Å²) in [5, 5.41) is 10.1. The Morgan fingerprint density at radius 3 is 2.63 bits per heavy atom. The van der Waals surface area contributed by atoms with Crippen molar-refractivity contribution in [2.45, 2.75) is 91.6 Å². The average Bonchev–Trinajstić information content (AvgIpc) is 2.65. The van der Waals surface area contributed by atoms with E-state index in [0.717, 1.165) is 43.1 Å². The van der Waals surface area contributed by atoms with Gasteiger partial charge >= 0.3 is 0 Å². The first-order valence-electron chi connectivity index (χ1n) is 11.1. The lowest BCUT2D eigenvalue weighted by molar-refractivity contribution is 0.0588. The smallest absolute Gasteiger partial charge is 0.0784 e. The van der Waals surface area contributed by atoms with Crippen molar-refractivity contribution in [3.63, 3.8) is 0 Å². The van der Waals surface area contributed by atoms with Gasteiger partial charge in [-0.15, -0.1) is 6.58 Å². The highest BCUT2D eigenvalue weighted by molar-refractivity contribution is 5.26. The summed E-state index contributed by atoms with van der Waals surface area (Å²) in [6.45, 7) is 17.8. The minimum Gasteiger partial charge on any atom is -0.388 e. The van der Waals surface area contributed by atoms with Gasteiger partial charge in [-0.25, -0.2) is 0 Å². The van der Waals surface area contributed by atoms with Crippen LogP contribution in [0.15, 0.2) is 48.1 Å². The molecule has 1 nitrogen and oxygen atoms in total. The van der Waals surface area contributed by atoms with E-state index in [4.69, 9.17) is 0 Å². The Kier molecular flexibility index (Phi) is 8.16. The highest BCUT2D eigenvalue weighted by Gasteiger charge is 2.42. The predicted octanol–water partition coefficient (Wildman–Crippen LogP) is 7.40. The topological polar surface area (TPSA) is 20.2 Å². The van der Waals surface area contributed by atoms with Gasteiger partial charge < -0.3 is 5.11 Å². The molecule has 152 valence electrons. The highest BCUT2D eigenvalue weighted by Crippen LogP contribution is 2.51. The summed E-state index contributed by atoms with van der Waals surface area (Å²) >= 11 is 0. The Morgan fingerprint density at radius 2 is 1.96 bits per heavy atom. The van der Waals surface area contributed by atoms with Crippen molar-refractivity contribution in [2.24, 2.45) is 23.2 Å². The molecule has 2 rings (SSSR count). The Bertz CT molecular complexity index is 581. The minimum absolute atomic E-state index is 0.339. The Hall–Kier alpha value is -1.08. The standard InChI is InChI=1S/C26H42O/c1-7-8-9-11-19(2)21(4)26(6)17-10-12-24(22(26)5)16-15-23-14-13-20(3)25(27)18-23/h7,15-16,19,21-22,25,27H,1,3,8-14,17-18H2,2,4-6H3/b23-15-,24-16+/t19-,21?,22?,25-,26-/m1/s1. The SMILES string of the molecule is C=CCCC[C@@H](C)C(C)[C@@]1(C)CCC/C(=C\C=C2\CCC(=C)[C@H](O)C2)C1C. The van der Waals surface area contributed by atoms with E-state index >= 15 is 0 Å². The molecule has 0 aromatic heterocycles. The van der Waals surface area contributed by atoms with Gasteiger partial charge in [0.25, 0.3) is 0 Å². The van der Waals surface area contributed by atoms with Gasteiger partial charge in [-0.05, 0) is 80.1 Å². The molecule has 0 aromatic rings. The van der Waals surface area contributed by atoms with Crippen LogP contribution < -0.4 is 0 Å². The number of aliphatic hydroxyl groups is 1. The molecule has 27 heavy (non-hydrogen) atoms. The summed E-state index contributed by atoms with van der Waals surface area (Å²) in [7, 11) is 0. The van der Waals surface area contributed by atoms with Gasteiger partial charge in [0.1, 0.15) is 0 Å². The molecule has 0 aromatic carbocycles. The van der Waals surface area contributed by atoms with Gasteiger partial charge in [-0.2, -0.15) is 0 Å². The fraction of sp³-hybridized carbons (Fsp3) is 0.692. The van der Waals surface area contributed by atoms with E-state index in [9.17, 15) is 5.11 Å². The minimum atomic E-state index is -0.339. The van der Waals surface area contributed by atoms with Crippen LogP contribution in [0.5, 0.6) is 0 Å². The molecule has 5 atom stereocenters. The molecule has 2 aliphatic carbocycles. The van der Waals surface area contributed by atoms with Crippen molar-refractivity contribution in [3.8, 4) is 0 Å². The number of rotatable bonds is 7. The van der Waals surface area contributed by atoms with E-state index in [0.29, 0.717) is 11.3 Å². The van der Waals surface area contributed by atoms with Crippen molar-refractivity contribution >= 4 is 0 Å². The lowest BCUT2D eigenvalue weighted by atomic mass is 9.57. The van der Waals surface area contributed by atoms with E-state index in [1.165, 1.54) is 37.7 Å². The van der Waals surface area contributed by atoms with Crippen molar-refractivity contribution < 1.29 is 5.11 Å². The molecule has 0 aliphatic heterocycles. The third kappa shape index (κ3) is 5.47. The second-order valence-electron chi connectivity index (χ2n) is 9.51. The van der Waals surface area contributed by atoms with Crippen LogP contribution in [0.2, 0.25) is 0 Å². The van der Waals surface area contributed by atoms with Crippen LogP contribution in [-0.4, -0.2) is 11.2 Å². The zero-order valence-corrected chi connectivity index (χ0v) is 18.3. The predicted molar refractivity (Wildman–Crippen MR) is 119 cm³/mol. The maximum atomic E-state index is 10.1. The molecular weight excluding hydrogens is 328 g/mol. The van der Waals surface area contributed by atoms with Crippen LogP contribution in [0.25, 0.3) is 0 Å². The second kappa shape index (κ2) is 9.92. The lowest BCUT2D eigenvalue weighted by Crippen LogP contribution is -2.39. The Balaban J connectivity index is 2.07. The van der Waals surface area contributed by atoms with Crippen molar-refractivity contribution in [2.75, 3.05) is 0 Å². The molecule has 0 heterocycles. The molecule has 2 aliphatic rings. The molecular formula is C26H42O. The van der Waals surface area contributed by atoms with Crippen molar-refractivity contribution in [3.05, 3.63) is 48.1 Å². The number of hydrogen-bond donors (Lipinski definition) is 1. The third-order valence-electron chi connectivity index (χ3n) is 7.91. The normalized spacial score (nSPS) is 34.6. The summed E-state index contributed by atoms with van der Waals surface area (Å²) in [6.07, 6.45) is 16.8.